The molecule has 0 spiro atoms. The molecule has 1 heterocycles. The van der Waals surface area contributed by atoms with Crippen LogP contribution in [0.2, 0.25) is 0 Å². The Morgan fingerprint density at radius 1 is 1.29 bits per heavy atom. The lowest BCUT2D eigenvalue weighted by molar-refractivity contribution is 0.0989. The summed E-state index contributed by atoms with van der Waals surface area (Å²) in [6.07, 6.45) is 3.73. The highest BCUT2D eigenvalue weighted by molar-refractivity contribution is 6.05. The van der Waals surface area contributed by atoms with Crippen LogP contribution in [0.15, 0.2) is 30.6 Å². The van der Waals surface area contributed by atoms with E-state index < -0.39 is 0 Å². The highest BCUT2D eigenvalue weighted by Gasteiger charge is 2.08. The summed E-state index contributed by atoms with van der Waals surface area (Å²) in [7, 11) is 0. The summed E-state index contributed by atoms with van der Waals surface area (Å²) < 4.78 is 0. The summed E-state index contributed by atoms with van der Waals surface area (Å²) in [5.74, 6) is 0.108. The predicted molar refractivity (Wildman–Crippen MR) is 54.2 cm³/mol. The van der Waals surface area contributed by atoms with E-state index in [1.54, 1.807) is 18.5 Å². The summed E-state index contributed by atoms with van der Waals surface area (Å²) >= 11 is 0. The summed E-state index contributed by atoms with van der Waals surface area (Å²) in [4.78, 5) is 19.9. The molecule has 1 aromatic heterocycles. The number of ketones is 1. The minimum absolute atomic E-state index is 0.108. The van der Waals surface area contributed by atoms with Gasteiger partial charge in [-0.1, -0.05) is 13.0 Å². The maximum absolute atomic E-state index is 11.6. The van der Waals surface area contributed by atoms with Gasteiger partial charge >= 0.3 is 0 Å². The van der Waals surface area contributed by atoms with Crippen molar-refractivity contribution in [3.05, 3.63) is 36.2 Å². The second kappa shape index (κ2) is 3.54. The molecule has 0 aliphatic carbocycles. The number of hydrogen-bond acceptors (Lipinski definition) is 3. The molecule has 0 radical (unpaired) electrons. The van der Waals surface area contributed by atoms with Crippen LogP contribution in [0.4, 0.5) is 0 Å². The summed E-state index contributed by atoms with van der Waals surface area (Å²) in [6, 6.07) is 5.48. The smallest absolute Gasteiger partial charge is 0.164 e. The fourth-order valence-electron chi connectivity index (χ4n) is 1.41. The average molecular weight is 186 g/mol. The monoisotopic (exact) mass is 186 g/mol. The predicted octanol–water partition coefficient (Wildman–Crippen LogP) is 2.22. The molecule has 70 valence electrons. The van der Waals surface area contributed by atoms with Gasteiger partial charge < -0.3 is 0 Å². The van der Waals surface area contributed by atoms with E-state index >= 15 is 0 Å². The Hall–Kier alpha value is -1.77. The third-order valence-corrected chi connectivity index (χ3v) is 2.12. The standard InChI is InChI=1S/C11H10N2O/c1-2-10(14)8-4-3-5-9-11(8)13-7-6-12-9/h3-7H,2H2,1H3. The van der Waals surface area contributed by atoms with Crippen LogP contribution in [-0.4, -0.2) is 15.8 Å². The average Bonchev–Trinajstić information content (AvgIpc) is 2.27. The van der Waals surface area contributed by atoms with E-state index in [-0.39, 0.29) is 5.78 Å². The minimum atomic E-state index is 0.108. The largest absolute Gasteiger partial charge is 0.294 e. The lowest BCUT2D eigenvalue weighted by atomic mass is 10.1. The van der Waals surface area contributed by atoms with Gasteiger partial charge in [0.05, 0.1) is 11.0 Å². The van der Waals surface area contributed by atoms with Gasteiger partial charge in [-0.15, -0.1) is 0 Å². The molecule has 0 saturated carbocycles. The van der Waals surface area contributed by atoms with E-state index in [0.717, 1.165) is 5.52 Å². The number of aromatic nitrogens is 2. The maximum atomic E-state index is 11.6. The Morgan fingerprint density at radius 3 is 2.86 bits per heavy atom. The second-order valence-electron chi connectivity index (χ2n) is 3.01. The quantitative estimate of drug-likeness (QED) is 0.675. The molecule has 0 amide bonds. The van der Waals surface area contributed by atoms with Crippen molar-refractivity contribution in [2.45, 2.75) is 13.3 Å². The second-order valence-corrected chi connectivity index (χ2v) is 3.01. The molecule has 0 aliphatic heterocycles. The minimum Gasteiger partial charge on any atom is -0.294 e. The van der Waals surface area contributed by atoms with Crippen LogP contribution < -0.4 is 0 Å². The third-order valence-electron chi connectivity index (χ3n) is 2.12. The van der Waals surface area contributed by atoms with Crippen LogP contribution in [0.1, 0.15) is 23.7 Å². The van der Waals surface area contributed by atoms with Crippen molar-refractivity contribution in [1.29, 1.82) is 0 Å². The van der Waals surface area contributed by atoms with Crippen LogP contribution >= 0.6 is 0 Å². The van der Waals surface area contributed by atoms with E-state index in [2.05, 4.69) is 9.97 Å². The molecule has 0 aliphatic rings. The topological polar surface area (TPSA) is 42.9 Å². The molecule has 3 heteroatoms. The van der Waals surface area contributed by atoms with E-state index in [0.29, 0.717) is 17.5 Å². The van der Waals surface area contributed by atoms with Crippen LogP contribution in [-0.2, 0) is 0 Å². The van der Waals surface area contributed by atoms with Gasteiger partial charge in [0.25, 0.3) is 0 Å². The zero-order chi connectivity index (χ0) is 9.97. The number of nitrogens with zero attached hydrogens (tertiary/aromatic N) is 2. The Bertz CT molecular complexity index is 474. The molecule has 2 aromatic rings. The highest BCUT2D eigenvalue weighted by atomic mass is 16.1. The Morgan fingerprint density at radius 2 is 2.07 bits per heavy atom. The molecule has 0 fully saturated rings. The number of hydrogen-bond donors (Lipinski definition) is 0. The van der Waals surface area contributed by atoms with Gasteiger partial charge in [-0.25, -0.2) is 0 Å². The number of benzene rings is 1. The van der Waals surface area contributed by atoms with Gasteiger partial charge in [-0.2, -0.15) is 0 Å². The van der Waals surface area contributed by atoms with E-state index in [4.69, 9.17) is 0 Å². The van der Waals surface area contributed by atoms with Crippen molar-refractivity contribution in [2.75, 3.05) is 0 Å². The number of carbonyl (C=O) groups excluding carboxylic acids is 1. The molecule has 3 nitrogen and oxygen atoms in total. The summed E-state index contributed by atoms with van der Waals surface area (Å²) in [6.45, 7) is 1.84. The molecule has 0 bridgehead atoms. The van der Waals surface area contributed by atoms with Gasteiger partial charge in [0.15, 0.2) is 5.78 Å². The Labute approximate surface area is 81.8 Å². The Balaban J connectivity index is 2.71. The lowest BCUT2D eigenvalue weighted by Crippen LogP contribution is -1.99. The van der Waals surface area contributed by atoms with Crippen LogP contribution in [0.5, 0.6) is 0 Å². The van der Waals surface area contributed by atoms with Gasteiger partial charge in [0.1, 0.15) is 0 Å². The van der Waals surface area contributed by atoms with Crippen molar-refractivity contribution in [3.63, 3.8) is 0 Å². The molecular formula is C11H10N2O. The molecule has 0 unspecified atom stereocenters. The summed E-state index contributed by atoms with van der Waals surface area (Å²) in [5.41, 5.74) is 2.13. The first-order valence-electron chi connectivity index (χ1n) is 4.56. The molecular weight excluding hydrogens is 176 g/mol. The van der Waals surface area contributed by atoms with Crippen molar-refractivity contribution < 1.29 is 4.79 Å². The van der Waals surface area contributed by atoms with Crippen molar-refractivity contribution in [1.82, 2.24) is 9.97 Å². The van der Waals surface area contributed by atoms with E-state index in [1.807, 2.05) is 19.1 Å². The van der Waals surface area contributed by atoms with E-state index in [1.165, 1.54) is 0 Å². The van der Waals surface area contributed by atoms with Crippen molar-refractivity contribution in [3.8, 4) is 0 Å². The fourth-order valence-corrected chi connectivity index (χ4v) is 1.41. The maximum Gasteiger partial charge on any atom is 0.164 e. The first-order chi connectivity index (χ1) is 6.83. The van der Waals surface area contributed by atoms with Gasteiger partial charge in [0.2, 0.25) is 0 Å². The molecule has 14 heavy (non-hydrogen) atoms. The zero-order valence-electron chi connectivity index (χ0n) is 7.90. The highest BCUT2D eigenvalue weighted by Crippen LogP contribution is 2.15. The van der Waals surface area contributed by atoms with Crippen LogP contribution in [0, 0.1) is 0 Å². The SMILES string of the molecule is CCC(=O)c1cccc2nccnc12. The zero-order valence-corrected chi connectivity index (χ0v) is 7.90. The molecule has 0 atom stereocenters. The van der Waals surface area contributed by atoms with Crippen molar-refractivity contribution in [2.24, 2.45) is 0 Å². The number of fused-ring (bicyclic) bond motifs is 1. The molecule has 1 aromatic carbocycles. The lowest BCUT2D eigenvalue weighted by Gasteiger charge is -2.01. The molecule has 0 N–H and O–H groups in total. The molecule has 0 saturated heterocycles. The van der Waals surface area contributed by atoms with Crippen LogP contribution in [0.3, 0.4) is 0 Å². The summed E-state index contributed by atoms with van der Waals surface area (Å²) in [5, 5.41) is 0. The van der Waals surface area contributed by atoms with Gasteiger partial charge in [0, 0.05) is 24.4 Å². The number of carbonyl (C=O) groups is 1. The normalized spacial score (nSPS) is 10.4. The number of rotatable bonds is 2. The third kappa shape index (κ3) is 1.37. The Kier molecular flexibility index (Phi) is 2.23. The van der Waals surface area contributed by atoms with E-state index in [9.17, 15) is 4.79 Å². The van der Waals surface area contributed by atoms with Crippen LogP contribution in [0.25, 0.3) is 11.0 Å². The number of Topliss-reactive ketones (excluding diaryl/α,β-unsaturated/α-hetero) is 1. The fraction of sp³-hybridized carbons (Fsp3) is 0.182. The van der Waals surface area contributed by atoms with Crippen molar-refractivity contribution >= 4 is 16.8 Å². The molecule has 2 rings (SSSR count). The first-order valence-corrected chi connectivity index (χ1v) is 4.56. The first kappa shape index (κ1) is 8.81. The number of para-hydroxylation sites is 1. The van der Waals surface area contributed by atoms with Gasteiger partial charge in [-0.05, 0) is 12.1 Å². The van der Waals surface area contributed by atoms with Gasteiger partial charge in [-0.3, -0.25) is 14.8 Å².